The molecule has 0 radical (unpaired) electrons. The summed E-state index contributed by atoms with van der Waals surface area (Å²) in [4.78, 5) is 70.9. The van der Waals surface area contributed by atoms with Crippen LogP contribution in [0.15, 0.2) is 120 Å². The number of carboxylic acid groups (broad SMARTS) is 1. The zero-order valence-electron chi connectivity index (χ0n) is 34.1. The first kappa shape index (κ1) is 40.6. The maximum Gasteiger partial charge on any atom is 0.407 e. The van der Waals surface area contributed by atoms with E-state index in [1.54, 1.807) is 82.9 Å². The number of nitrogens with one attached hydrogen (secondary N) is 4. The van der Waals surface area contributed by atoms with Gasteiger partial charge in [0.1, 0.15) is 40.9 Å². The molecule has 3 aromatic heterocycles. The normalized spacial score (nSPS) is 17.1. The zero-order chi connectivity index (χ0) is 43.6. The third-order valence-corrected chi connectivity index (χ3v) is 11.7. The second-order valence-corrected chi connectivity index (χ2v) is 15.6. The highest BCUT2D eigenvalue weighted by atomic mass is 19.1. The number of likely N-dealkylation sites (tertiary alicyclic amines) is 2. The number of methoxy groups -OCH3 is 1. The van der Waals surface area contributed by atoms with E-state index in [0.717, 1.165) is 23.1 Å². The Kier molecular flexibility index (Phi) is 11.2. The average molecular weight is 851 g/mol. The maximum absolute atomic E-state index is 15.9. The van der Waals surface area contributed by atoms with Gasteiger partial charge in [-0.05, 0) is 73.2 Å². The van der Waals surface area contributed by atoms with Crippen LogP contribution in [-0.2, 0) is 14.3 Å². The molecule has 0 saturated carbocycles. The molecule has 0 unspecified atom stereocenters. The molecule has 5 heterocycles. The summed E-state index contributed by atoms with van der Waals surface area (Å²) >= 11 is 0. The van der Waals surface area contributed by atoms with Crippen molar-refractivity contribution in [3.05, 3.63) is 144 Å². The number of hydrogen-bond acceptors (Lipinski definition) is 8. The van der Waals surface area contributed by atoms with Crippen molar-refractivity contribution in [1.82, 2.24) is 40.4 Å². The summed E-state index contributed by atoms with van der Waals surface area (Å²) in [6.45, 7) is 0.939. The van der Waals surface area contributed by atoms with Crippen molar-refractivity contribution in [2.24, 2.45) is 0 Å². The average Bonchev–Trinajstić information content (AvgIpc) is 4.16. The fourth-order valence-corrected chi connectivity index (χ4v) is 8.66. The predicted octanol–water partition coefficient (Wildman–Crippen LogP) is 8.45. The SMILES string of the molecule is COC(=O)N[C@@H](C(=O)N1CCC[C@H]1c1ncc(-c2ccc3oc(-c4ccc(-c5cnc([C@@H]6CCCN6C(=O)[C@H](NC(=O)O)c6ccccc6)[nH]5)cc4F)cc3c2)[nH]1)c1ccccc1. The number of ether oxygens (including phenoxy) is 1. The smallest absolute Gasteiger partial charge is 0.407 e. The second kappa shape index (κ2) is 17.3. The largest absolute Gasteiger partial charge is 0.465 e. The van der Waals surface area contributed by atoms with E-state index < -0.39 is 36.1 Å². The minimum Gasteiger partial charge on any atom is -0.465 e. The lowest BCUT2D eigenvalue weighted by molar-refractivity contribution is -0.135. The Morgan fingerprint density at radius 1 is 0.746 bits per heavy atom. The highest BCUT2D eigenvalue weighted by molar-refractivity contribution is 5.89. The van der Waals surface area contributed by atoms with Gasteiger partial charge in [-0.2, -0.15) is 0 Å². The number of amides is 4. The van der Waals surface area contributed by atoms with Crippen LogP contribution in [0.4, 0.5) is 14.0 Å². The first-order valence-corrected chi connectivity index (χ1v) is 20.6. The van der Waals surface area contributed by atoms with Crippen molar-refractivity contribution in [2.45, 2.75) is 49.9 Å². The lowest BCUT2D eigenvalue weighted by Crippen LogP contribution is -2.42. The van der Waals surface area contributed by atoms with Gasteiger partial charge in [0.25, 0.3) is 11.8 Å². The highest BCUT2D eigenvalue weighted by Crippen LogP contribution is 2.38. The third kappa shape index (κ3) is 8.22. The van der Waals surface area contributed by atoms with Crippen LogP contribution in [0, 0.1) is 5.82 Å². The summed E-state index contributed by atoms with van der Waals surface area (Å²) < 4.78 is 26.9. The maximum atomic E-state index is 15.9. The summed E-state index contributed by atoms with van der Waals surface area (Å²) in [6, 6.07) is 27.2. The number of alkyl carbamates (subject to hydrolysis) is 1. The lowest BCUT2D eigenvalue weighted by Gasteiger charge is -2.28. The van der Waals surface area contributed by atoms with E-state index >= 15 is 4.39 Å². The molecule has 2 aliphatic heterocycles. The van der Waals surface area contributed by atoms with Gasteiger partial charge in [0.15, 0.2) is 0 Å². The topological polar surface area (TPSA) is 199 Å². The van der Waals surface area contributed by atoms with E-state index in [-0.39, 0.29) is 23.4 Å². The number of hydrogen-bond donors (Lipinski definition) is 5. The molecule has 2 aliphatic rings. The molecular weight excluding hydrogens is 808 g/mol. The Balaban J connectivity index is 0.902. The van der Waals surface area contributed by atoms with Crippen LogP contribution in [0.2, 0.25) is 0 Å². The number of fused-ring (bicyclic) bond motifs is 1. The number of imidazole rings is 2. The first-order chi connectivity index (χ1) is 30.6. The molecule has 5 N–H and O–H groups in total. The number of aromatic nitrogens is 4. The monoisotopic (exact) mass is 850 g/mol. The zero-order valence-corrected chi connectivity index (χ0v) is 34.1. The van der Waals surface area contributed by atoms with Crippen molar-refractivity contribution in [3.8, 4) is 33.8 Å². The number of rotatable bonds is 11. The molecule has 63 heavy (non-hydrogen) atoms. The minimum absolute atomic E-state index is 0.260. The Hall–Kier alpha value is -7.75. The van der Waals surface area contributed by atoms with E-state index in [1.165, 1.54) is 13.2 Å². The molecule has 0 aliphatic carbocycles. The van der Waals surface area contributed by atoms with Crippen molar-refractivity contribution >= 4 is 35.0 Å². The molecule has 9 rings (SSSR count). The molecule has 4 amide bonds. The van der Waals surface area contributed by atoms with E-state index in [1.807, 2.05) is 36.4 Å². The van der Waals surface area contributed by atoms with Gasteiger partial charge in [0.2, 0.25) is 0 Å². The molecule has 16 heteroatoms. The van der Waals surface area contributed by atoms with Crippen molar-refractivity contribution in [3.63, 3.8) is 0 Å². The third-order valence-electron chi connectivity index (χ3n) is 11.7. The molecule has 320 valence electrons. The van der Waals surface area contributed by atoms with Gasteiger partial charge >= 0.3 is 12.2 Å². The summed E-state index contributed by atoms with van der Waals surface area (Å²) in [5.74, 6) is 0.359. The van der Waals surface area contributed by atoms with Crippen LogP contribution < -0.4 is 10.6 Å². The summed E-state index contributed by atoms with van der Waals surface area (Å²) in [7, 11) is 1.26. The van der Waals surface area contributed by atoms with Crippen LogP contribution in [0.3, 0.4) is 0 Å². The Labute approximate surface area is 360 Å². The van der Waals surface area contributed by atoms with Crippen molar-refractivity contribution < 1.29 is 37.8 Å². The van der Waals surface area contributed by atoms with Crippen LogP contribution in [-0.4, -0.2) is 79.0 Å². The van der Waals surface area contributed by atoms with Crippen LogP contribution in [0.25, 0.3) is 44.8 Å². The van der Waals surface area contributed by atoms with Gasteiger partial charge in [-0.15, -0.1) is 0 Å². The van der Waals surface area contributed by atoms with Crippen LogP contribution in [0.1, 0.15) is 72.6 Å². The molecule has 2 fully saturated rings. The number of H-pyrrole nitrogens is 2. The van der Waals surface area contributed by atoms with E-state index in [4.69, 9.17) is 9.15 Å². The van der Waals surface area contributed by atoms with Crippen LogP contribution >= 0.6 is 0 Å². The molecule has 2 saturated heterocycles. The molecule has 0 bridgehead atoms. The first-order valence-electron chi connectivity index (χ1n) is 20.6. The quantitative estimate of drug-likeness (QED) is 0.0848. The van der Waals surface area contributed by atoms with Crippen molar-refractivity contribution in [2.75, 3.05) is 20.2 Å². The molecular formula is C47H43FN8O7. The summed E-state index contributed by atoms with van der Waals surface area (Å²) in [5, 5.41) is 15.3. The number of furan rings is 1. The molecule has 15 nitrogen and oxygen atoms in total. The number of benzene rings is 4. The minimum atomic E-state index is -1.30. The highest BCUT2D eigenvalue weighted by Gasteiger charge is 2.38. The number of carbonyl (C=O) groups excluding carboxylic acids is 3. The summed E-state index contributed by atoms with van der Waals surface area (Å²) in [6.07, 6.45) is 4.12. The van der Waals surface area contributed by atoms with Gasteiger partial charge in [-0.3, -0.25) is 9.59 Å². The Morgan fingerprint density at radius 3 is 1.83 bits per heavy atom. The number of halogens is 1. The van der Waals surface area contributed by atoms with Gasteiger partial charge in [0, 0.05) is 29.6 Å². The number of carbonyl (C=O) groups is 4. The summed E-state index contributed by atoms with van der Waals surface area (Å²) in [5.41, 5.74) is 4.68. The van der Waals surface area contributed by atoms with Crippen LogP contribution in [0.5, 0.6) is 0 Å². The Morgan fingerprint density at radius 2 is 1.29 bits per heavy atom. The predicted molar refractivity (Wildman–Crippen MR) is 229 cm³/mol. The van der Waals surface area contributed by atoms with E-state index in [0.29, 0.717) is 77.7 Å². The molecule has 4 aromatic carbocycles. The van der Waals surface area contributed by atoms with Gasteiger partial charge in [-0.1, -0.05) is 66.7 Å². The van der Waals surface area contributed by atoms with Gasteiger partial charge in [-0.25, -0.2) is 23.9 Å². The van der Waals surface area contributed by atoms with Gasteiger partial charge in [0.05, 0.1) is 48.5 Å². The van der Waals surface area contributed by atoms with E-state index in [9.17, 15) is 24.3 Å². The Bertz CT molecular complexity index is 2810. The van der Waals surface area contributed by atoms with E-state index in [2.05, 4.69) is 30.6 Å². The molecule has 4 atom stereocenters. The molecule has 0 spiro atoms. The molecule has 7 aromatic rings. The standard InChI is InChI=1S/C47H43FN8O7/c1-62-47(61)54-41(28-12-6-3-7-13-28)45(58)56-21-9-15-37(56)42-49-25-34(51-42)29-17-19-38-31(22-29)24-39(63-38)32-18-16-30(23-33(32)48)35-26-50-43(52-35)36-14-8-20-55(36)44(57)40(53-46(59)60)27-10-4-2-5-11-27/h2-7,10-13,16-19,22-26,36-37,40-41,53H,8-9,14-15,20-21H2,1H3,(H,49,51)(H,50,52)(H,54,61)(H,59,60)/t36-,37-,40+,41+/m0/s1. The lowest BCUT2D eigenvalue weighted by atomic mass is 10.0. The fourth-order valence-electron chi connectivity index (χ4n) is 8.66. The number of aromatic amines is 2. The fraction of sp³-hybridized carbons (Fsp3) is 0.234. The van der Waals surface area contributed by atoms with Gasteiger partial charge < -0.3 is 44.7 Å². The van der Waals surface area contributed by atoms with Crippen molar-refractivity contribution in [1.29, 1.82) is 0 Å². The number of nitrogens with zero attached hydrogens (tertiary/aromatic N) is 4. The second-order valence-electron chi connectivity index (χ2n) is 15.6.